The number of halogens is 6. The maximum absolute atomic E-state index is 15.3. The zero-order valence-corrected chi connectivity index (χ0v) is 18.8. The third-order valence-corrected chi connectivity index (χ3v) is 6.96. The highest BCUT2D eigenvalue weighted by atomic mass is 32.1. The number of hydrogen-bond donors (Lipinski definition) is 0. The van der Waals surface area contributed by atoms with Gasteiger partial charge in [-0.3, -0.25) is 0 Å². The van der Waals surface area contributed by atoms with Gasteiger partial charge < -0.3 is 4.57 Å². The van der Waals surface area contributed by atoms with Crippen molar-refractivity contribution in [2.45, 2.75) is 31.6 Å². The van der Waals surface area contributed by atoms with E-state index in [0.717, 1.165) is 17.4 Å². The first-order valence-electron chi connectivity index (χ1n) is 9.85. The number of aryl methyl sites for hydroxylation is 2. The van der Waals surface area contributed by atoms with Crippen LogP contribution in [0.4, 0.5) is 26.3 Å². The number of aromatic nitrogens is 1. The molecule has 2 heterocycles. The Labute approximate surface area is 194 Å². The van der Waals surface area contributed by atoms with Crippen LogP contribution in [0.3, 0.4) is 0 Å². The smallest absolute Gasteiger partial charge is 0.347 e. The van der Waals surface area contributed by atoms with Crippen molar-refractivity contribution < 1.29 is 26.3 Å². The molecule has 3 aromatic rings. The average molecular weight is 491 g/mol. The normalized spacial score (nSPS) is 18.1. The fourth-order valence-electron chi connectivity index (χ4n) is 4.31. The summed E-state index contributed by atoms with van der Waals surface area (Å²) in [7, 11) is 1.51. The van der Waals surface area contributed by atoms with Crippen molar-refractivity contribution in [2.75, 3.05) is 0 Å². The van der Waals surface area contributed by atoms with E-state index in [-0.39, 0.29) is 32.7 Å². The summed E-state index contributed by atoms with van der Waals surface area (Å²) in [5.74, 6) is -16.0. The molecule has 0 bridgehead atoms. The number of nitriles is 2. The lowest BCUT2D eigenvalue weighted by molar-refractivity contribution is -0.254. The molecule has 0 saturated heterocycles. The number of hydrogen-bond acceptors (Lipinski definition) is 3. The van der Waals surface area contributed by atoms with E-state index in [1.165, 1.54) is 55.1 Å². The minimum atomic E-state index is -5.65. The van der Waals surface area contributed by atoms with Crippen molar-refractivity contribution in [3.8, 4) is 12.1 Å². The molecule has 0 unspecified atom stereocenters. The predicted molar refractivity (Wildman–Crippen MR) is 118 cm³/mol. The quantitative estimate of drug-likeness (QED) is 0.289. The van der Waals surface area contributed by atoms with Gasteiger partial charge >= 0.3 is 17.8 Å². The second-order valence-corrected chi connectivity index (χ2v) is 9.06. The Bertz CT molecular complexity index is 1480. The third-order valence-electron chi connectivity index (χ3n) is 6.11. The van der Waals surface area contributed by atoms with Crippen LogP contribution in [0.2, 0.25) is 0 Å². The van der Waals surface area contributed by atoms with Crippen LogP contribution in [-0.4, -0.2) is 22.3 Å². The number of allylic oxidation sites excluding steroid dienone is 3. The molecule has 4 rings (SSSR count). The molecular formula is C24H15F6N3S. The highest BCUT2D eigenvalue weighted by molar-refractivity contribution is 7.10. The SMILES string of the molecule is Cc1sccc1C1=C(c2c(C)n(C)c3ccc(C=C(C#N)C#N)cc23)C(F)(F)C(F)(F)C1(F)F. The van der Waals surface area contributed by atoms with E-state index in [2.05, 4.69) is 0 Å². The Hall–Kier alpha value is -3.50. The van der Waals surface area contributed by atoms with Gasteiger partial charge in [-0.1, -0.05) is 6.07 Å². The maximum Gasteiger partial charge on any atom is 0.380 e. The van der Waals surface area contributed by atoms with Crippen LogP contribution in [-0.2, 0) is 7.05 Å². The number of nitrogens with zero attached hydrogens (tertiary/aromatic N) is 3. The fraction of sp³-hybridized carbons (Fsp3) is 0.250. The molecule has 1 aliphatic carbocycles. The Morgan fingerprint density at radius 1 is 0.971 bits per heavy atom. The van der Waals surface area contributed by atoms with Crippen molar-refractivity contribution in [1.29, 1.82) is 10.5 Å². The molecule has 2 aromatic heterocycles. The Morgan fingerprint density at radius 3 is 2.15 bits per heavy atom. The monoisotopic (exact) mass is 491 g/mol. The summed E-state index contributed by atoms with van der Waals surface area (Å²) >= 11 is 0.985. The highest BCUT2D eigenvalue weighted by Crippen LogP contribution is 2.66. The molecule has 10 heteroatoms. The first kappa shape index (κ1) is 23.7. The average Bonchev–Trinajstić information content (AvgIpc) is 3.33. The summed E-state index contributed by atoms with van der Waals surface area (Å²) in [5.41, 5.74) is -3.19. The van der Waals surface area contributed by atoms with E-state index >= 15 is 17.6 Å². The summed E-state index contributed by atoms with van der Waals surface area (Å²) in [6, 6.07) is 8.80. The number of rotatable bonds is 3. The lowest BCUT2D eigenvalue weighted by atomic mass is 9.92. The molecule has 0 atom stereocenters. The molecule has 3 nitrogen and oxygen atoms in total. The number of thiophene rings is 1. The zero-order chi connectivity index (χ0) is 25.2. The van der Waals surface area contributed by atoms with Gasteiger partial charge in [-0.25, -0.2) is 0 Å². The van der Waals surface area contributed by atoms with Gasteiger partial charge in [0.05, 0.1) is 0 Å². The molecule has 0 fully saturated rings. The van der Waals surface area contributed by atoms with Crippen LogP contribution in [0.1, 0.15) is 27.3 Å². The molecule has 0 spiro atoms. The second kappa shape index (κ2) is 7.51. The Kier molecular flexibility index (Phi) is 5.22. The first-order valence-corrected chi connectivity index (χ1v) is 10.7. The summed E-state index contributed by atoms with van der Waals surface area (Å²) in [5, 5.41) is 19.4. The molecule has 1 aromatic carbocycles. The van der Waals surface area contributed by atoms with Gasteiger partial charge in [0, 0.05) is 45.2 Å². The third kappa shape index (κ3) is 2.95. The van der Waals surface area contributed by atoms with Gasteiger partial charge in [0.1, 0.15) is 17.7 Å². The number of alkyl halides is 6. The lowest BCUT2D eigenvalue weighted by Crippen LogP contribution is -2.48. The number of benzene rings is 1. The van der Waals surface area contributed by atoms with Crippen LogP contribution in [0.5, 0.6) is 0 Å². The van der Waals surface area contributed by atoms with Crippen LogP contribution in [0.25, 0.3) is 28.1 Å². The van der Waals surface area contributed by atoms with Gasteiger partial charge in [0.15, 0.2) is 0 Å². The largest absolute Gasteiger partial charge is 0.380 e. The summed E-state index contributed by atoms with van der Waals surface area (Å²) in [6.07, 6.45) is 1.19. The summed E-state index contributed by atoms with van der Waals surface area (Å²) in [4.78, 5) is 0.204. The van der Waals surface area contributed by atoms with Gasteiger partial charge in [-0.15, -0.1) is 11.3 Å². The second-order valence-electron chi connectivity index (χ2n) is 7.94. The fourth-order valence-corrected chi connectivity index (χ4v) is 5.01. The van der Waals surface area contributed by atoms with Crippen molar-refractivity contribution in [3.05, 3.63) is 62.5 Å². The van der Waals surface area contributed by atoms with Gasteiger partial charge in [-0.05, 0) is 54.6 Å². The Balaban J connectivity index is 2.18. The van der Waals surface area contributed by atoms with Gasteiger partial charge in [0.25, 0.3) is 0 Å². The maximum atomic E-state index is 15.3. The standard InChI is InChI=1S/C24H15F6N3S/c1-12-19(17-9-14(8-15(10-31)11-32)4-5-18(17)33(12)3)21-20(16-6-7-34-13(16)2)22(25,26)24(29,30)23(21,27)28/h4-9H,1-3H3. The van der Waals surface area contributed by atoms with E-state index in [0.29, 0.717) is 5.52 Å². The first-order chi connectivity index (χ1) is 15.8. The van der Waals surface area contributed by atoms with Gasteiger partial charge in [0.2, 0.25) is 0 Å². The Morgan fingerprint density at radius 2 is 1.59 bits per heavy atom. The molecule has 0 N–H and O–H groups in total. The van der Waals surface area contributed by atoms with E-state index in [1.807, 2.05) is 0 Å². The summed E-state index contributed by atoms with van der Waals surface area (Å²) in [6.45, 7) is 2.79. The molecule has 0 saturated carbocycles. The topological polar surface area (TPSA) is 52.5 Å². The van der Waals surface area contributed by atoms with Crippen LogP contribution < -0.4 is 0 Å². The van der Waals surface area contributed by atoms with Crippen LogP contribution >= 0.6 is 11.3 Å². The minimum Gasteiger partial charge on any atom is -0.347 e. The van der Waals surface area contributed by atoms with E-state index < -0.39 is 34.5 Å². The number of fused-ring (bicyclic) bond motifs is 1. The van der Waals surface area contributed by atoms with E-state index in [1.54, 1.807) is 12.1 Å². The van der Waals surface area contributed by atoms with Crippen molar-refractivity contribution in [1.82, 2.24) is 4.57 Å². The predicted octanol–water partition coefficient (Wildman–Crippen LogP) is 7.12. The van der Waals surface area contributed by atoms with Crippen molar-refractivity contribution in [2.24, 2.45) is 7.05 Å². The molecular weight excluding hydrogens is 476 g/mol. The summed E-state index contributed by atoms with van der Waals surface area (Å²) < 4.78 is 91.5. The minimum absolute atomic E-state index is 0.0255. The molecule has 1 aliphatic rings. The lowest BCUT2D eigenvalue weighted by Gasteiger charge is -2.26. The van der Waals surface area contributed by atoms with Crippen molar-refractivity contribution in [3.63, 3.8) is 0 Å². The molecule has 0 radical (unpaired) electrons. The molecule has 34 heavy (non-hydrogen) atoms. The van der Waals surface area contributed by atoms with Gasteiger partial charge in [-0.2, -0.15) is 36.9 Å². The van der Waals surface area contributed by atoms with Crippen molar-refractivity contribution >= 4 is 39.5 Å². The van der Waals surface area contributed by atoms with E-state index in [4.69, 9.17) is 10.5 Å². The van der Waals surface area contributed by atoms with E-state index in [9.17, 15) is 8.78 Å². The molecule has 174 valence electrons. The highest BCUT2D eigenvalue weighted by Gasteiger charge is 2.80. The zero-order valence-electron chi connectivity index (χ0n) is 18.0. The molecule has 0 aliphatic heterocycles. The van der Waals surface area contributed by atoms with Crippen LogP contribution in [0, 0.1) is 36.5 Å². The van der Waals surface area contributed by atoms with Crippen LogP contribution in [0.15, 0.2) is 35.2 Å². The molecule has 0 amide bonds.